The van der Waals surface area contributed by atoms with Gasteiger partial charge in [-0.2, -0.15) is 5.10 Å². The van der Waals surface area contributed by atoms with E-state index in [0.29, 0.717) is 0 Å². The molecule has 4 heteroatoms. The maximum Gasteiger partial charge on any atom is 0.0683 e. The van der Waals surface area contributed by atoms with Gasteiger partial charge in [-0.25, -0.2) is 0 Å². The highest BCUT2D eigenvalue weighted by Crippen LogP contribution is 2.15. The van der Waals surface area contributed by atoms with E-state index in [2.05, 4.69) is 39.8 Å². The van der Waals surface area contributed by atoms with Crippen LogP contribution in [0.1, 0.15) is 5.56 Å². The second kappa shape index (κ2) is 5.08. The average molecular weight is 245 g/mol. The van der Waals surface area contributed by atoms with Crippen molar-refractivity contribution in [2.45, 2.75) is 13.5 Å². The summed E-state index contributed by atoms with van der Waals surface area (Å²) in [7, 11) is 0. The second-order valence-corrected chi connectivity index (χ2v) is 4.88. The van der Waals surface area contributed by atoms with Crippen molar-refractivity contribution in [1.29, 1.82) is 0 Å². The number of hydrogen-bond acceptors (Lipinski definition) is 3. The minimum Gasteiger partial charge on any atom is -0.379 e. The number of rotatable bonds is 3. The predicted molar refractivity (Wildman–Crippen MR) is 71.7 cm³/mol. The molecule has 1 aliphatic heterocycles. The van der Waals surface area contributed by atoms with E-state index in [4.69, 9.17) is 4.74 Å². The van der Waals surface area contributed by atoms with E-state index in [1.54, 1.807) is 0 Å². The Hall–Kier alpha value is -1.39. The van der Waals surface area contributed by atoms with Crippen LogP contribution in [0.25, 0.3) is 10.9 Å². The normalized spacial score (nSPS) is 17.4. The number of ether oxygens (including phenoxy) is 1. The van der Waals surface area contributed by atoms with Crippen molar-refractivity contribution < 1.29 is 4.74 Å². The van der Waals surface area contributed by atoms with Gasteiger partial charge in [-0.3, -0.25) is 9.58 Å². The molecule has 0 radical (unpaired) electrons. The van der Waals surface area contributed by atoms with Crippen LogP contribution in [-0.4, -0.2) is 47.5 Å². The van der Waals surface area contributed by atoms with Gasteiger partial charge in [0.05, 0.1) is 31.5 Å². The molecule has 3 rings (SSSR count). The maximum absolute atomic E-state index is 5.36. The van der Waals surface area contributed by atoms with E-state index in [0.717, 1.165) is 39.4 Å². The molecule has 0 bridgehead atoms. The Morgan fingerprint density at radius 1 is 1.22 bits per heavy atom. The molecule has 2 aromatic rings. The minimum atomic E-state index is 0.860. The summed E-state index contributed by atoms with van der Waals surface area (Å²) in [6.07, 6.45) is 1.96. The summed E-state index contributed by atoms with van der Waals surface area (Å²) in [6, 6.07) is 6.50. The van der Waals surface area contributed by atoms with Crippen molar-refractivity contribution in [2.24, 2.45) is 0 Å². The topological polar surface area (TPSA) is 30.3 Å². The van der Waals surface area contributed by atoms with Crippen LogP contribution >= 0.6 is 0 Å². The maximum atomic E-state index is 5.36. The highest BCUT2D eigenvalue weighted by atomic mass is 16.5. The first-order valence-corrected chi connectivity index (χ1v) is 6.55. The first-order valence-electron chi connectivity index (χ1n) is 6.55. The molecule has 0 amide bonds. The van der Waals surface area contributed by atoms with Crippen molar-refractivity contribution in [1.82, 2.24) is 14.7 Å². The van der Waals surface area contributed by atoms with E-state index in [1.807, 2.05) is 6.20 Å². The molecule has 2 heterocycles. The van der Waals surface area contributed by atoms with E-state index in [-0.39, 0.29) is 0 Å². The number of benzene rings is 1. The molecule has 4 nitrogen and oxygen atoms in total. The highest BCUT2D eigenvalue weighted by molar-refractivity contribution is 5.79. The monoisotopic (exact) mass is 245 g/mol. The smallest absolute Gasteiger partial charge is 0.0683 e. The zero-order chi connectivity index (χ0) is 12.4. The first kappa shape index (κ1) is 11.7. The molecule has 1 aromatic carbocycles. The Bertz CT molecular complexity index is 529. The summed E-state index contributed by atoms with van der Waals surface area (Å²) >= 11 is 0. The predicted octanol–water partition coefficient (Wildman–Crippen LogP) is 1.68. The van der Waals surface area contributed by atoms with E-state index >= 15 is 0 Å². The van der Waals surface area contributed by atoms with Crippen LogP contribution in [0.4, 0.5) is 0 Å². The molecule has 0 saturated carbocycles. The van der Waals surface area contributed by atoms with Gasteiger partial charge in [0.2, 0.25) is 0 Å². The number of aryl methyl sites for hydroxylation is 1. The zero-order valence-electron chi connectivity index (χ0n) is 10.8. The summed E-state index contributed by atoms with van der Waals surface area (Å²) in [5.74, 6) is 0. The number of morpholine rings is 1. The van der Waals surface area contributed by atoms with Crippen LogP contribution in [0.5, 0.6) is 0 Å². The van der Waals surface area contributed by atoms with Crippen LogP contribution < -0.4 is 0 Å². The largest absolute Gasteiger partial charge is 0.379 e. The Morgan fingerprint density at radius 3 is 2.89 bits per heavy atom. The molecule has 0 aliphatic carbocycles. The summed E-state index contributed by atoms with van der Waals surface area (Å²) < 4.78 is 7.46. The van der Waals surface area contributed by atoms with Gasteiger partial charge in [-0.15, -0.1) is 0 Å². The lowest BCUT2D eigenvalue weighted by molar-refractivity contribution is 0.0361. The molecule has 1 aliphatic rings. The average Bonchev–Trinajstić information content (AvgIpc) is 2.80. The van der Waals surface area contributed by atoms with Crippen LogP contribution in [0, 0.1) is 6.92 Å². The highest BCUT2D eigenvalue weighted by Gasteiger charge is 2.10. The standard InChI is InChI=1S/C14H19N3O/c1-12-2-3-14-13(10-12)11-15-17(14)5-4-16-6-8-18-9-7-16/h2-3,10-11H,4-9H2,1H3. The quantitative estimate of drug-likeness (QED) is 0.824. The second-order valence-electron chi connectivity index (χ2n) is 4.88. The molecule has 1 fully saturated rings. The van der Waals surface area contributed by atoms with Crippen molar-refractivity contribution >= 4 is 10.9 Å². The number of fused-ring (bicyclic) bond motifs is 1. The molecule has 0 N–H and O–H groups in total. The fraction of sp³-hybridized carbons (Fsp3) is 0.500. The van der Waals surface area contributed by atoms with Gasteiger partial charge < -0.3 is 4.74 Å². The Morgan fingerprint density at radius 2 is 2.06 bits per heavy atom. The Balaban J connectivity index is 1.70. The van der Waals surface area contributed by atoms with Crippen LogP contribution in [0.15, 0.2) is 24.4 Å². The summed E-state index contributed by atoms with van der Waals surface area (Å²) in [4.78, 5) is 2.44. The van der Waals surface area contributed by atoms with Crippen molar-refractivity contribution in [3.05, 3.63) is 30.0 Å². The first-order chi connectivity index (χ1) is 8.83. The van der Waals surface area contributed by atoms with Gasteiger partial charge in [0.15, 0.2) is 0 Å². The molecule has 1 saturated heterocycles. The minimum absolute atomic E-state index is 0.860. The molecule has 0 spiro atoms. The summed E-state index contributed by atoms with van der Waals surface area (Å²) in [6.45, 7) is 7.92. The van der Waals surface area contributed by atoms with E-state index in [9.17, 15) is 0 Å². The van der Waals surface area contributed by atoms with Crippen molar-refractivity contribution in [3.8, 4) is 0 Å². The summed E-state index contributed by atoms with van der Waals surface area (Å²) in [5.41, 5.74) is 2.52. The van der Waals surface area contributed by atoms with Gasteiger partial charge in [-0.05, 0) is 19.1 Å². The van der Waals surface area contributed by atoms with E-state index in [1.165, 1.54) is 16.5 Å². The molecule has 0 unspecified atom stereocenters. The fourth-order valence-electron chi connectivity index (χ4n) is 2.45. The molecule has 96 valence electrons. The van der Waals surface area contributed by atoms with Gasteiger partial charge >= 0.3 is 0 Å². The third kappa shape index (κ3) is 2.40. The third-order valence-electron chi connectivity index (χ3n) is 3.53. The van der Waals surface area contributed by atoms with Crippen molar-refractivity contribution in [2.75, 3.05) is 32.8 Å². The molecule has 18 heavy (non-hydrogen) atoms. The zero-order valence-corrected chi connectivity index (χ0v) is 10.8. The van der Waals surface area contributed by atoms with E-state index < -0.39 is 0 Å². The van der Waals surface area contributed by atoms with Gasteiger partial charge in [0.25, 0.3) is 0 Å². The lowest BCUT2D eigenvalue weighted by Crippen LogP contribution is -2.38. The number of aromatic nitrogens is 2. The SMILES string of the molecule is Cc1ccc2c(cnn2CCN2CCOCC2)c1. The Kier molecular flexibility index (Phi) is 3.30. The van der Waals surface area contributed by atoms with Crippen LogP contribution in [0.2, 0.25) is 0 Å². The molecule has 0 atom stereocenters. The number of nitrogens with zero attached hydrogens (tertiary/aromatic N) is 3. The summed E-state index contributed by atoms with van der Waals surface area (Å²) in [5, 5.41) is 5.71. The molecular weight excluding hydrogens is 226 g/mol. The third-order valence-corrected chi connectivity index (χ3v) is 3.53. The Labute approximate surface area is 107 Å². The molecule has 1 aromatic heterocycles. The molecular formula is C14H19N3O. The lowest BCUT2D eigenvalue weighted by atomic mass is 10.2. The lowest BCUT2D eigenvalue weighted by Gasteiger charge is -2.26. The fourth-order valence-corrected chi connectivity index (χ4v) is 2.45. The van der Waals surface area contributed by atoms with Crippen molar-refractivity contribution in [3.63, 3.8) is 0 Å². The van der Waals surface area contributed by atoms with Gasteiger partial charge in [0.1, 0.15) is 0 Å². The van der Waals surface area contributed by atoms with Crippen LogP contribution in [-0.2, 0) is 11.3 Å². The number of hydrogen-bond donors (Lipinski definition) is 0. The van der Waals surface area contributed by atoms with Gasteiger partial charge in [-0.1, -0.05) is 11.6 Å². The van der Waals surface area contributed by atoms with Gasteiger partial charge in [0, 0.05) is 25.0 Å². The van der Waals surface area contributed by atoms with Crippen LogP contribution in [0.3, 0.4) is 0 Å².